The molecule has 0 aliphatic rings. The van der Waals surface area contributed by atoms with Gasteiger partial charge in [-0.3, -0.25) is 4.98 Å². The highest BCUT2D eigenvalue weighted by Crippen LogP contribution is 2.28. The SMILES string of the molecule is COc1ccc2c(OCc3nnc4ccc(-c5ccc(S(=O)(=O)N(C)C)cc5)nn34)ccnc2c1. The van der Waals surface area contributed by atoms with Crippen LogP contribution in [-0.2, 0) is 16.6 Å². The van der Waals surface area contributed by atoms with Crippen molar-refractivity contribution in [2.45, 2.75) is 11.5 Å². The molecular weight excluding hydrogens is 468 g/mol. The molecule has 0 radical (unpaired) electrons. The van der Waals surface area contributed by atoms with E-state index in [1.165, 1.54) is 18.4 Å². The Bertz CT molecular complexity index is 1630. The second kappa shape index (κ2) is 8.93. The van der Waals surface area contributed by atoms with Crippen molar-refractivity contribution in [1.82, 2.24) is 29.1 Å². The highest BCUT2D eigenvalue weighted by atomic mass is 32.2. The molecule has 0 unspecified atom stereocenters. The number of methoxy groups -OCH3 is 1. The number of nitrogens with zero attached hydrogens (tertiary/aromatic N) is 6. The molecular formula is C24H22N6O4S. The van der Waals surface area contributed by atoms with Gasteiger partial charge in [-0.1, -0.05) is 12.1 Å². The highest BCUT2D eigenvalue weighted by molar-refractivity contribution is 7.89. The smallest absolute Gasteiger partial charge is 0.242 e. The first-order valence-corrected chi connectivity index (χ1v) is 12.1. The minimum absolute atomic E-state index is 0.142. The third-order valence-electron chi connectivity index (χ3n) is 5.52. The Hall–Kier alpha value is -4.09. The van der Waals surface area contributed by atoms with Crippen LogP contribution in [0.3, 0.4) is 0 Å². The second-order valence-electron chi connectivity index (χ2n) is 7.90. The van der Waals surface area contributed by atoms with Crippen molar-refractivity contribution in [2.75, 3.05) is 21.2 Å². The van der Waals surface area contributed by atoms with E-state index in [0.717, 1.165) is 22.2 Å². The van der Waals surface area contributed by atoms with Crippen molar-refractivity contribution in [3.05, 3.63) is 72.7 Å². The van der Waals surface area contributed by atoms with E-state index in [2.05, 4.69) is 20.3 Å². The molecule has 0 saturated heterocycles. The van der Waals surface area contributed by atoms with Crippen LogP contribution in [-0.4, -0.2) is 58.7 Å². The van der Waals surface area contributed by atoms with Crippen molar-refractivity contribution in [3.63, 3.8) is 0 Å². The molecule has 0 bridgehead atoms. The molecule has 2 aromatic carbocycles. The number of pyridine rings is 1. The number of hydrogen-bond donors (Lipinski definition) is 0. The molecule has 0 fully saturated rings. The Morgan fingerprint density at radius 2 is 1.77 bits per heavy atom. The van der Waals surface area contributed by atoms with Gasteiger partial charge in [0.25, 0.3) is 0 Å². The zero-order valence-electron chi connectivity index (χ0n) is 19.3. The largest absolute Gasteiger partial charge is 0.497 e. The van der Waals surface area contributed by atoms with Gasteiger partial charge in [-0.05, 0) is 42.5 Å². The molecule has 5 rings (SSSR count). The molecule has 5 aromatic rings. The summed E-state index contributed by atoms with van der Waals surface area (Å²) in [6, 6.07) is 17.6. The molecule has 35 heavy (non-hydrogen) atoms. The van der Waals surface area contributed by atoms with Crippen LogP contribution >= 0.6 is 0 Å². The van der Waals surface area contributed by atoms with E-state index < -0.39 is 10.0 Å². The Morgan fingerprint density at radius 3 is 2.51 bits per heavy atom. The molecule has 178 valence electrons. The van der Waals surface area contributed by atoms with Gasteiger partial charge in [-0.15, -0.1) is 10.2 Å². The topological polar surface area (TPSA) is 112 Å². The standard InChI is InChI=1S/C24H22N6O4S/c1-29(2)35(31,32)18-7-4-16(5-8-18)20-10-11-23-26-27-24(30(23)28-20)15-34-22-12-13-25-21-14-17(33-3)6-9-19(21)22/h4-14H,15H2,1-3H3. The van der Waals surface area contributed by atoms with Gasteiger partial charge >= 0.3 is 0 Å². The van der Waals surface area contributed by atoms with E-state index in [0.29, 0.717) is 22.9 Å². The normalized spacial score (nSPS) is 11.9. The molecule has 3 heterocycles. The summed E-state index contributed by atoms with van der Waals surface area (Å²) in [5.41, 5.74) is 2.74. The van der Waals surface area contributed by atoms with Crippen molar-refractivity contribution in [2.24, 2.45) is 0 Å². The summed E-state index contributed by atoms with van der Waals surface area (Å²) in [4.78, 5) is 4.59. The fraction of sp³-hybridized carbons (Fsp3) is 0.167. The molecule has 11 heteroatoms. The first-order valence-electron chi connectivity index (χ1n) is 10.7. The molecule has 0 N–H and O–H groups in total. The number of fused-ring (bicyclic) bond motifs is 2. The van der Waals surface area contributed by atoms with Gasteiger partial charge in [0.1, 0.15) is 18.1 Å². The summed E-state index contributed by atoms with van der Waals surface area (Å²) < 4.78 is 38.8. The number of rotatable bonds is 7. The fourth-order valence-electron chi connectivity index (χ4n) is 3.58. The number of aromatic nitrogens is 5. The second-order valence-corrected chi connectivity index (χ2v) is 10.0. The third-order valence-corrected chi connectivity index (χ3v) is 7.35. The van der Waals surface area contributed by atoms with Crippen molar-refractivity contribution in [3.8, 4) is 22.8 Å². The van der Waals surface area contributed by atoms with Gasteiger partial charge in [0, 0.05) is 37.3 Å². The molecule has 3 aromatic heterocycles. The lowest BCUT2D eigenvalue weighted by molar-refractivity contribution is 0.296. The summed E-state index contributed by atoms with van der Waals surface area (Å²) in [6.07, 6.45) is 1.68. The van der Waals surface area contributed by atoms with Crippen LogP contribution in [0, 0.1) is 0 Å². The highest BCUT2D eigenvalue weighted by Gasteiger charge is 2.17. The van der Waals surface area contributed by atoms with Crippen molar-refractivity contribution in [1.29, 1.82) is 0 Å². The fourth-order valence-corrected chi connectivity index (χ4v) is 4.48. The van der Waals surface area contributed by atoms with E-state index in [-0.39, 0.29) is 11.5 Å². The van der Waals surface area contributed by atoms with Gasteiger partial charge in [-0.25, -0.2) is 12.7 Å². The Balaban J connectivity index is 1.42. The van der Waals surface area contributed by atoms with Crippen LogP contribution in [0.1, 0.15) is 5.82 Å². The predicted molar refractivity (Wildman–Crippen MR) is 130 cm³/mol. The van der Waals surface area contributed by atoms with E-state index in [9.17, 15) is 8.42 Å². The van der Waals surface area contributed by atoms with Crippen LogP contribution in [0.4, 0.5) is 0 Å². The molecule has 0 aliphatic heterocycles. The molecule has 0 aliphatic carbocycles. The van der Waals surface area contributed by atoms with Crippen LogP contribution < -0.4 is 9.47 Å². The number of benzene rings is 2. The first kappa shape index (κ1) is 22.7. The maximum Gasteiger partial charge on any atom is 0.242 e. The molecule has 0 spiro atoms. The lowest BCUT2D eigenvalue weighted by Gasteiger charge is -2.11. The monoisotopic (exact) mass is 490 g/mol. The zero-order valence-corrected chi connectivity index (χ0v) is 20.1. The van der Waals surface area contributed by atoms with Gasteiger partial charge < -0.3 is 9.47 Å². The maximum absolute atomic E-state index is 12.3. The van der Waals surface area contributed by atoms with Crippen LogP contribution in [0.5, 0.6) is 11.5 Å². The summed E-state index contributed by atoms with van der Waals surface area (Å²) in [7, 11) is 1.11. The average Bonchev–Trinajstić information content (AvgIpc) is 3.29. The minimum atomic E-state index is -3.50. The lowest BCUT2D eigenvalue weighted by atomic mass is 10.1. The molecule has 0 saturated carbocycles. The van der Waals surface area contributed by atoms with E-state index in [4.69, 9.17) is 9.47 Å². The molecule has 10 nitrogen and oxygen atoms in total. The van der Waals surface area contributed by atoms with Crippen LogP contribution in [0.15, 0.2) is 71.8 Å². The summed E-state index contributed by atoms with van der Waals surface area (Å²) in [5.74, 6) is 1.89. The predicted octanol–water partition coefficient (Wildman–Crippen LogP) is 3.18. The van der Waals surface area contributed by atoms with Gasteiger partial charge in [0.15, 0.2) is 11.5 Å². The Labute approximate surface area is 201 Å². The van der Waals surface area contributed by atoms with E-state index in [1.54, 1.807) is 54.2 Å². The minimum Gasteiger partial charge on any atom is -0.497 e. The number of sulfonamides is 1. The third kappa shape index (κ3) is 4.27. The molecule has 0 atom stereocenters. The summed E-state index contributed by atoms with van der Waals surface area (Å²) >= 11 is 0. The van der Waals surface area contributed by atoms with Crippen LogP contribution in [0.2, 0.25) is 0 Å². The zero-order chi connectivity index (χ0) is 24.6. The maximum atomic E-state index is 12.3. The molecule has 0 amide bonds. The van der Waals surface area contributed by atoms with Crippen LogP contribution in [0.25, 0.3) is 27.8 Å². The summed E-state index contributed by atoms with van der Waals surface area (Å²) in [5, 5.41) is 13.9. The first-order chi connectivity index (χ1) is 16.9. The van der Waals surface area contributed by atoms with Gasteiger partial charge in [0.2, 0.25) is 10.0 Å². The Kier molecular flexibility index (Phi) is 5.79. The van der Waals surface area contributed by atoms with Gasteiger partial charge in [-0.2, -0.15) is 9.61 Å². The number of hydrogen-bond acceptors (Lipinski definition) is 8. The quantitative estimate of drug-likeness (QED) is 0.342. The Morgan fingerprint density at radius 1 is 0.971 bits per heavy atom. The van der Waals surface area contributed by atoms with Gasteiger partial charge in [0.05, 0.1) is 23.2 Å². The lowest BCUT2D eigenvalue weighted by Crippen LogP contribution is -2.22. The number of ether oxygens (including phenoxy) is 2. The van der Waals surface area contributed by atoms with Crippen molar-refractivity contribution >= 4 is 26.6 Å². The van der Waals surface area contributed by atoms with E-state index >= 15 is 0 Å². The van der Waals surface area contributed by atoms with Crippen molar-refractivity contribution < 1.29 is 17.9 Å². The van der Waals surface area contributed by atoms with E-state index in [1.807, 2.05) is 24.3 Å². The average molecular weight is 491 g/mol. The summed E-state index contributed by atoms with van der Waals surface area (Å²) in [6.45, 7) is 0.142.